The summed E-state index contributed by atoms with van der Waals surface area (Å²) in [6.45, 7) is 6.36. The molecule has 0 spiro atoms. The van der Waals surface area contributed by atoms with E-state index in [1.807, 2.05) is 0 Å². The molecule has 0 saturated carbocycles. The van der Waals surface area contributed by atoms with Gasteiger partial charge in [-0.15, -0.1) is 0 Å². The SMILES string of the molecule is COC(=O)CC(C)N1CCN(C)CC1. The smallest absolute Gasteiger partial charge is 0.307 e. The highest BCUT2D eigenvalue weighted by atomic mass is 16.5. The Balaban J connectivity index is 2.30. The van der Waals surface area contributed by atoms with Crippen molar-refractivity contribution in [1.82, 2.24) is 9.80 Å². The van der Waals surface area contributed by atoms with Crippen molar-refractivity contribution >= 4 is 5.97 Å². The molecule has 0 bridgehead atoms. The highest BCUT2D eigenvalue weighted by Crippen LogP contribution is 2.08. The lowest BCUT2D eigenvalue weighted by Gasteiger charge is -2.36. The normalized spacial score (nSPS) is 21.9. The number of carbonyl (C=O) groups is 1. The summed E-state index contributed by atoms with van der Waals surface area (Å²) >= 11 is 0. The lowest BCUT2D eigenvalue weighted by molar-refractivity contribution is -0.142. The van der Waals surface area contributed by atoms with Crippen LogP contribution in [0.3, 0.4) is 0 Å². The summed E-state index contributed by atoms with van der Waals surface area (Å²) in [5.41, 5.74) is 0. The minimum Gasteiger partial charge on any atom is -0.469 e. The second kappa shape index (κ2) is 5.32. The Morgan fingerprint density at radius 2 is 1.93 bits per heavy atom. The summed E-state index contributed by atoms with van der Waals surface area (Å²) in [5, 5.41) is 0. The zero-order valence-electron chi connectivity index (χ0n) is 9.32. The summed E-state index contributed by atoms with van der Waals surface area (Å²) in [6.07, 6.45) is 0.500. The van der Waals surface area contributed by atoms with Crippen LogP contribution in [0.4, 0.5) is 0 Å². The summed E-state index contributed by atoms with van der Waals surface area (Å²) in [7, 11) is 3.57. The quantitative estimate of drug-likeness (QED) is 0.609. The molecule has 1 aliphatic heterocycles. The molecule has 0 radical (unpaired) electrons. The van der Waals surface area contributed by atoms with Gasteiger partial charge in [-0.05, 0) is 14.0 Å². The van der Waals surface area contributed by atoms with E-state index < -0.39 is 0 Å². The van der Waals surface area contributed by atoms with Crippen molar-refractivity contribution in [2.45, 2.75) is 19.4 Å². The zero-order valence-corrected chi connectivity index (χ0v) is 9.32. The molecular weight excluding hydrogens is 180 g/mol. The predicted octanol–water partition coefficient (Wildman–Crippen LogP) is 0.185. The molecule has 1 fully saturated rings. The van der Waals surface area contributed by atoms with Crippen LogP contribution in [-0.4, -0.2) is 62.1 Å². The maximum atomic E-state index is 11.1. The number of methoxy groups -OCH3 is 1. The molecule has 14 heavy (non-hydrogen) atoms. The maximum absolute atomic E-state index is 11.1. The first-order chi connectivity index (χ1) is 6.63. The minimum absolute atomic E-state index is 0.114. The van der Waals surface area contributed by atoms with E-state index in [1.165, 1.54) is 7.11 Å². The van der Waals surface area contributed by atoms with Crippen molar-refractivity contribution < 1.29 is 9.53 Å². The third kappa shape index (κ3) is 3.27. The van der Waals surface area contributed by atoms with E-state index in [-0.39, 0.29) is 5.97 Å². The van der Waals surface area contributed by atoms with Gasteiger partial charge in [0.25, 0.3) is 0 Å². The topological polar surface area (TPSA) is 32.8 Å². The molecule has 1 rings (SSSR count). The van der Waals surface area contributed by atoms with Crippen LogP contribution in [0.1, 0.15) is 13.3 Å². The molecule has 1 unspecified atom stereocenters. The fourth-order valence-corrected chi connectivity index (χ4v) is 1.72. The predicted molar refractivity (Wildman–Crippen MR) is 55.2 cm³/mol. The Kier molecular flexibility index (Phi) is 4.35. The van der Waals surface area contributed by atoms with Crippen molar-refractivity contribution in [2.75, 3.05) is 40.3 Å². The number of likely N-dealkylation sites (N-methyl/N-ethyl adjacent to an activating group) is 1. The Labute approximate surface area is 85.8 Å². The molecule has 82 valence electrons. The number of esters is 1. The largest absolute Gasteiger partial charge is 0.469 e. The number of nitrogens with zero attached hydrogens (tertiary/aromatic N) is 2. The van der Waals surface area contributed by atoms with Crippen LogP contribution < -0.4 is 0 Å². The number of piperazine rings is 1. The van der Waals surface area contributed by atoms with Gasteiger partial charge in [0.05, 0.1) is 13.5 Å². The van der Waals surface area contributed by atoms with Gasteiger partial charge < -0.3 is 9.64 Å². The number of hydrogen-bond donors (Lipinski definition) is 0. The fraction of sp³-hybridized carbons (Fsp3) is 0.900. The van der Waals surface area contributed by atoms with Crippen molar-refractivity contribution in [3.8, 4) is 0 Å². The zero-order chi connectivity index (χ0) is 10.6. The van der Waals surface area contributed by atoms with Gasteiger partial charge in [0, 0.05) is 32.2 Å². The van der Waals surface area contributed by atoms with Crippen molar-refractivity contribution in [3.05, 3.63) is 0 Å². The van der Waals surface area contributed by atoms with Crippen LogP contribution in [-0.2, 0) is 9.53 Å². The van der Waals surface area contributed by atoms with Gasteiger partial charge in [-0.25, -0.2) is 0 Å². The molecule has 0 aromatic rings. The average molecular weight is 200 g/mol. The van der Waals surface area contributed by atoms with E-state index in [4.69, 9.17) is 0 Å². The Morgan fingerprint density at radius 3 is 2.43 bits per heavy atom. The molecule has 1 heterocycles. The van der Waals surface area contributed by atoms with Gasteiger partial charge in [-0.3, -0.25) is 9.69 Å². The van der Waals surface area contributed by atoms with E-state index >= 15 is 0 Å². The number of ether oxygens (including phenoxy) is 1. The standard InChI is InChI=1S/C10H20N2O2/c1-9(8-10(13)14-3)12-6-4-11(2)5-7-12/h9H,4-8H2,1-3H3. The van der Waals surface area contributed by atoms with E-state index in [1.54, 1.807) is 0 Å². The van der Waals surface area contributed by atoms with Gasteiger partial charge in [-0.2, -0.15) is 0 Å². The van der Waals surface area contributed by atoms with Gasteiger partial charge in [0.1, 0.15) is 0 Å². The second-order valence-corrected chi connectivity index (χ2v) is 3.97. The molecule has 0 aromatic heterocycles. The van der Waals surface area contributed by atoms with Gasteiger partial charge in [0.2, 0.25) is 0 Å². The van der Waals surface area contributed by atoms with Crippen molar-refractivity contribution in [2.24, 2.45) is 0 Å². The number of hydrogen-bond acceptors (Lipinski definition) is 4. The van der Waals surface area contributed by atoms with Gasteiger partial charge in [0.15, 0.2) is 0 Å². The lowest BCUT2D eigenvalue weighted by Crippen LogP contribution is -2.48. The molecule has 0 aromatic carbocycles. The summed E-state index contributed by atoms with van der Waals surface area (Å²) in [4.78, 5) is 15.7. The van der Waals surface area contributed by atoms with E-state index in [0.29, 0.717) is 12.5 Å². The van der Waals surface area contributed by atoms with E-state index in [0.717, 1.165) is 26.2 Å². The van der Waals surface area contributed by atoms with Crippen LogP contribution >= 0.6 is 0 Å². The first kappa shape index (κ1) is 11.5. The Morgan fingerprint density at radius 1 is 1.36 bits per heavy atom. The minimum atomic E-state index is -0.114. The first-order valence-corrected chi connectivity index (χ1v) is 5.13. The number of rotatable bonds is 3. The Bertz CT molecular complexity index is 189. The van der Waals surface area contributed by atoms with Crippen molar-refractivity contribution in [1.29, 1.82) is 0 Å². The monoisotopic (exact) mass is 200 g/mol. The molecule has 4 heteroatoms. The third-order valence-electron chi connectivity index (χ3n) is 2.85. The van der Waals surface area contributed by atoms with Gasteiger partial charge in [-0.1, -0.05) is 0 Å². The average Bonchev–Trinajstić information content (AvgIpc) is 2.18. The van der Waals surface area contributed by atoms with Crippen LogP contribution in [0.15, 0.2) is 0 Å². The molecule has 0 aliphatic carbocycles. The molecular formula is C10H20N2O2. The molecule has 1 atom stereocenters. The van der Waals surface area contributed by atoms with Crippen molar-refractivity contribution in [3.63, 3.8) is 0 Å². The number of carbonyl (C=O) groups excluding carboxylic acids is 1. The highest BCUT2D eigenvalue weighted by Gasteiger charge is 2.20. The van der Waals surface area contributed by atoms with E-state index in [2.05, 4.69) is 28.5 Å². The third-order valence-corrected chi connectivity index (χ3v) is 2.85. The van der Waals surface area contributed by atoms with Crippen LogP contribution in [0, 0.1) is 0 Å². The highest BCUT2D eigenvalue weighted by molar-refractivity contribution is 5.69. The lowest BCUT2D eigenvalue weighted by atomic mass is 10.2. The molecule has 1 saturated heterocycles. The molecule has 4 nitrogen and oxygen atoms in total. The first-order valence-electron chi connectivity index (χ1n) is 5.13. The van der Waals surface area contributed by atoms with E-state index in [9.17, 15) is 4.79 Å². The maximum Gasteiger partial charge on any atom is 0.307 e. The molecule has 0 N–H and O–H groups in total. The summed E-state index contributed by atoms with van der Waals surface area (Å²) in [6, 6.07) is 0.302. The molecule has 0 amide bonds. The summed E-state index contributed by atoms with van der Waals surface area (Å²) in [5.74, 6) is -0.114. The van der Waals surface area contributed by atoms with Gasteiger partial charge >= 0.3 is 5.97 Å². The van der Waals surface area contributed by atoms with Crippen LogP contribution in [0.2, 0.25) is 0 Å². The summed E-state index contributed by atoms with van der Waals surface area (Å²) < 4.78 is 4.66. The molecule has 1 aliphatic rings. The Hall–Kier alpha value is -0.610. The van der Waals surface area contributed by atoms with Crippen LogP contribution in [0.5, 0.6) is 0 Å². The second-order valence-electron chi connectivity index (χ2n) is 3.97. The fourth-order valence-electron chi connectivity index (χ4n) is 1.72. The van der Waals surface area contributed by atoms with Crippen LogP contribution in [0.25, 0.3) is 0 Å².